The molecule has 2 saturated heterocycles. The summed E-state index contributed by atoms with van der Waals surface area (Å²) >= 11 is 0. The molecule has 0 unspecified atom stereocenters. The molecule has 128 valence electrons. The van der Waals surface area contributed by atoms with Gasteiger partial charge in [0.15, 0.2) is 11.6 Å². The van der Waals surface area contributed by atoms with Crippen molar-refractivity contribution in [3.8, 4) is 5.75 Å². The maximum atomic E-state index is 13.7. The molecule has 3 rings (SSSR count). The van der Waals surface area contributed by atoms with Crippen LogP contribution in [0.2, 0.25) is 0 Å². The summed E-state index contributed by atoms with van der Waals surface area (Å²) in [4.78, 5) is 2.35. The van der Waals surface area contributed by atoms with Gasteiger partial charge in [0.2, 0.25) is 0 Å². The molecule has 5 heteroatoms. The van der Waals surface area contributed by atoms with Crippen molar-refractivity contribution in [2.45, 2.75) is 44.4 Å². The predicted molar refractivity (Wildman–Crippen MR) is 86.2 cm³/mol. The monoisotopic (exact) mass is 323 g/mol. The van der Waals surface area contributed by atoms with Gasteiger partial charge in [-0.05, 0) is 43.4 Å². The molecule has 2 aliphatic heterocycles. The predicted octanol–water partition coefficient (Wildman–Crippen LogP) is 2.99. The van der Waals surface area contributed by atoms with E-state index in [1.807, 2.05) is 6.07 Å². The number of nitrogens with zero attached hydrogens (tertiary/aromatic N) is 1. The highest BCUT2D eigenvalue weighted by atomic mass is 19.1. The number of ether oxygens (including phenoxy) is 3. The molecule has 0 bridgehead atoms. The van der Waals surface area contributed by atoms with E-state index in [9.17, 15) is 4.39 Å². The van der Waals surface area contributed by atoms with E-state index in [1.165, 1.54) is 7.11 Å². The zero-order valence-corrected chi connectivity index (χ0v) is 13.8. The van der Waals surface area contributed by atoms with Crippen LogP contribution >= 0.6 is 0 Å². The molecule has 0 amide bonds. The lowest BCUT2D eigenvalue weighted by atomic mass is 10.1. The smallest absolute Gasteiger partial charge is 0.165 e. The first kappa shape index (κ1) is 16.7. The lowest BCUT2D eigenvalue weighted by molar-refractivity contribution is -0.0426. The van der Waals surface area contributed by atoms with Crippen LogP contribution in [0.4, 0.5) is 4.39 Å². The molecule has 0 N–H and O–H groups in total. The van der Waals surface area contributed by atoms with Crippen molar-refractivity contribution in [1.82, 2.24) is 4.90 Å². The fourth-order valence-corrected chi connectivity index (χ4v) is 3.32. The van der Waals surface area contributed by atoms with Gasteiger partial charge >= 0.3 is 0 Å². The Bertz CT molecular complexity index is 497. The maximum absolute atomic E-state index is 13.7. The van der Waals surface area contributed by atoms with Crippen LogP contribution in [0.5, 0.6) is 5.75 Å². The molecule has 1 atom stereocenters. The van der Waals surface area contributed by atoms with Gasteiger partial charge in [0, 0.05) is 26.2 Å². The van der Waals surface area contributed by atoms with Gasteiger partial charge in [0.05, 0.1) is 25.9 Å². The Balaban J connectivity index is 1.41. The van der Waals surface area contributed by atoms with E-state index >= 15 is 0 Å². The van der Waals surface area contributed by atoms with Crippen molar-refractivity contribution < 1.29 is 18.6 Å². The van der Waals surface area contributed by atoms with Crippen LogP contribution in [0.15, 0.2) is 18.2 Å². The van der Waals surface area contributed by atoms with Crippen LogP contribution in [0.1, 0.15) is 31.2 Å². The summed E-state index contributed by atoms with van der Waals surface area (Å²) in [5.74, 6) is 0.00905. The third kappa shape index (κ3) is 4.66. The van der Waals surface area contributed by atoms with Crippen LogP contribution in [0.3, 0.4) is 0 Å². The molecule has 1 aromatic carbocycles. The molecule has 1 aromatic rings. The largest absolute Gasteiger partial charge is 0.494 e. The Kier molecular flexibility index (Phi) is 5.86. The summed E-state index contributed by atoms with van der Waals surface area (Å²) < 4.78 is 30.3. The third-order valence-corrected chi connectivity index (χ3v) is 4.70. The molecular formula is C18H26FNO3. The number of methoxy groups -OCH3 is 1. The summed E-state index contributed by atoms with van der Waals surface area (Å²) in [5, 5.41) is 0. The van der Waals surface area contributed by atoms with Crippen LogP contribution in [0, 0.1) is 5.82 Å². The van der Waals surface area contributed by atoms with Gasteiger partial charge in [-0.3, -0.25) is 4.90 Å². The first-order valence-corrected chi connectivity index (χ1v) is 8.52. The van der Waals surface area contributed by atoms with Gasteiger partial charge in [0.1, 0.15) is 0 Å². The molecule has 0 saturated carbocycles. The zero-order chi connectivity index (χ0) is 16.1. The van der Waals surface area contributed by atoms with Gasteiger partial charge in [0.25, 0.3) is 0 Å². The standard InChI is InChI=1S/C18H26FNO3/c1-21-18-5-4-14(11-17(18)19)12-20-8-6-15(7-9-20)23-13-16-3-2-10-22-16/h4-5,11,15-16H,2-3,6-10,12-13H2,1H3/t16-/m1/s1. The Hall–Kier alpha value is -1.17. The Morgan fingerprint density at radius 2 is 2.09 bits per heavy atom. The number of benzene rings is 1. The van der Waals surface area contributed by atoms with E-state index in [1.54, 1.807) is 12.1 Å². The van der Waals surface area contributed by atoms with Crippen molar-refractivity contribution in [2.24, 2.45) is 0 Å². The fraction of sp³-hybridized carbons (Fsp3) is 0.667. The molecule has 2 aliphatic rings. The van der Waals surface area contributed by atoms with E-state index in [0.29, 0.717) is 18.0 Å². The van der Waals surface area contributed by atoms with Gasteiger partial charge in [-0.2, -0.15) is 0 Å². The second-order valence-corrected chi connectivity index (χ2v) is 6.41. The molecular weight excluding hydrogens is 297 g/mol. The van der Waals surface area contributed by atoms with Crippen molar-refractivity contribution in [3.63, 3.8) is 0 Å². The van der Waals surface area contributed by atoms with Crippen LogP contribution in [-0.2, 0) is 16.0 Å². The summed E-state index contributed by atoms with van der Waals surface area (Å²) in [5.41, 5.74) is 0.988. The number of piperidine rings is 1. The molecule has 4 nitrogen and oxygen atoms in total. The molecule has 0 radical (unpaired) electrons. The maximum Gasteiger partial charge on any atom is 0.165 e. The quantitative estimate of drug-likeness (QED) is 0.805. The molecule has 0 aliphatic carbocycles. The minimum absolute atomic E-state index is 0.292. The van der Waals surface area contributed by atoms with Gasteiger partial charge in [-0.25, -0.2) is 4.39 Å². The van der Waals surface area contributed by atoms with E-state index in [4.69, 9.17) is 14.2 Å². The fourth-order valence-electron chi connectivity index (χ4n) is 3.32. The molecule has 23 heavy (non-hydrogen) atoms. The van der Waals surface area contributed by atoms with Gasteiger partial charge < -0.3 is 14.2 Å². The second-order valence-electron chi connectivity index (χ2n) is 6.41. The molecule has 0 aromatic heterocycles. The Morgan fingerprint density at radius 1 is 1.26 bits per heavy atom. The highest BCUT2D eigenvalue weighted by Crippen LogP contribution is 2.21. The normalized spacial score (nSPS) is 23.3. The third-order valence-electron chi connectivity index (χ3n) is 4.70. The number of halogens is 1. The summed E-state index contributed by atoms with van der Waals surface area (Å²) in [6.45, 7) is 4.37. The molecule has 0 spiro atoms. The van der Waals surface area contributed by atoms with Crippen LogP contribution < -0.4 is 4.74 Å². The molecule has 2 heterocycles. The molecule has 2 fully saturated rings. The van der Waals surface area contributed by atoms with Crippen molar-refractivity contribution in [2.75, 3.05) is 33.4 Å². The average Bonchev–Trinajstić information content (AvgIpc) is 3.08. The number of hydrogen-bond acceptors (Lipinski definition) is 4. The summed E-state index contributed by atoms with van der Waals surface area (Å²) in [7, 11) is 1.49. The van der Waals surface area contributed by atoms with E-state index in [2.05, 4.69) is 4.90 Å². The lowest BCUT2D eigenvalue weighted by Crippen LogP contribution is -2.37. The first-order chi connectivity index (χ1) is 11.2. The minimum atomic E-state index is -0.292. The Labute approximate surface area is 137 Å². The number of rotatable bonds is 6. The summed E-state index contributed by atoms with van der Waals surface area (Å²) in [6.07, 6.45) is 4.99. The van der Waals surface area contributed by atoms with E-state index < -0.39 is 0 Å². The van der Waals surface area contributed by atoms with Crippen molar-refractivity contribution >= 4 is 0 Å². The highest BCUT2D eigenvalue weighted by Gasteiger charge is 2.22. The topological polar surface area (TPSA) is 30.9 Å². The van der Waals surface area contributed by atoms with Crippen LogP contribution in [0.25, 0.3) is 0 Å². The Morgan fingerprint density at radius 3 is 2.74 bits per heavy atom. The highest BCUT2D eigenvalue weighted by molar-refractivity contribution is 5.29. The summed E-state index contributed by atoms with van der Waals surface area (Å²) in [6, 6.07) is 5.20. The van der Waals surface area contributed by atoms with Crippen molar-refractivity contribution in [1.29, 1.82) is 0 Å². The van der Waals surface area contributed by atoms with Gasteiger partial charge in [-0.15, -0.1) is 0 Å². The van der Waals surface area contributed by atoms with Crippen molar-refractivity contribution in [3.05, 3.63) is 29.6 Å². The minimum Gasteiger partial charge on any atom is -0.494 e. The van der Waals surface area contributed by atoms with Gasteiger partial charge in [-0.1, -0.05) is 6.07 Å². The first-order valence-electron chi connectivity index (χ1n) is 8.52. The zero-order valence-electron chi connectivity index (χ0n) is 13.8. The number of hydrogen-bond donors (Lipinski definition) is 0. The van der Waals surface area contributed by atoms with E-state index in [-0.39, 0.29) is 5.82 Å². The number of likely N-dealkylation sites (tertiary alicyclic amines) is 1. The van der Waals surface area contributed by atoms with E-state index in [0.717, 1.165) is 64.1 Å². The lowest BCUT2D eigenvalue weighted by Gasteiger charge is -2.32. The van der Waals surface area contributed by atoms with Crippen LogP contribution in [-0.4, -0.2) is 50.5 Å². The second kappa shape index (κ2) is 8.08. The average molecular weight is 323 g/mol. The SMILES string of the molecule is COc1ccc(CN2CCC(OC[C@H]3CCCO3)CC2)cc1F.